The molecule has 0 bridgehead atoms. The fourth-order valence-electron chi connectivity index (χ4n) is 3.99. The number of hydrogen-bond acceptors (Lipinski definition) is 4. The molecular formula is C15H29N3O. The average Bonchev–Trinajstić information content (AvgIpc) is 3.00. The summed E-state index contributed by atoms with van der Waals surface area (Å²) in [6, 6.07) is 1.53. The molecule has 1 saturated carbocycles. The van der Waals surface area contributed by atoms with Crippen LogP contribution in [0.15, 0.2) is 0 Å². The van der Waals surface area contributed by atoms with Crippen LogP contribution in [0.1, 0.15) is 39.0 Å². The Labute approximate surface area is 117 Å². The van der Waals surface area contributed by atoms with Gasteiger partial charge in [-0.2, -0.15) is 0 Å². The van der Waals surface area contributed by atoms with Crippen molar-refractivity contribution in [2.24, 2.45) is 5.73 Å². The van der Waals surface area contributed by atoms with E-state index < -0.39 is 0 Å². The highest BCUT2D eigenvalue weighted by atomic mass is 16.5. The predicted octanol–water partition coefficient (Wildman–Crippen LogP) is 1.05. The number of likely N-dealkylation sites (tertiary alicyclic amines) is 1. The summed E-state index contributed by atoms with van der Waals surface area (Å²) in [5.41, 5.74) is 6.35. The third-order valence-electron chi connectivity index (χ3n) is 5.43. The van der Waals surface area contributed by atoms with Crippen LogP contribution in [0, 0.1) is 0 Å². The molecule has 2 N–H and O–H groups in total. The summed E-state index contributed by atoms with van der Waals surface area (Å²) in [7, 11) is 2.25. The number of hydrogen-bond donors (Lipinski definition) is 1. The van der Waals surface area contributed by atoms with Gasteiger partial charge in [0.2, 0.25) is 0 Å². The smallest absolute Gasteiger partial charge is 0.0702 e. The van der Waals surface area contributed by atoms with Crippen LogP contribution in [0.25, 0.3) is 0 Å². The average molecular weight is 267 g/mol. The van der Waals surface area contributed by atoms with Gasteiger partial charge in [-0.05, 0) is 46.1 Å². The molecule has 4 heteroatoms. The molecular weight excluding hydrogens is 238 g/mol. The Bertz CT molecular complexity index is 315. The second-order valence-corrected chi connectivity index (χ2v) is 6.90. The number of ether oxygens (including phenoxy) is 1. The third-order valence-corrected chi connectivity index (χ3v) is 5.43. The lowest BCUT2D eigenvalue weighted by molar-refractivity contribution is 0.0395. The molecule has 110 valence electrons. The van der Waals surface area contributed by atoms with Crippen molar-refractivity contribution in [1.82, 2.24) is 9.80 Å². The molecule has 3 fully saturated rings. The van der Waals surface area contributed by atoms with Crippen LogP contribution in [0.2, 0.25) is 0 Å². The van der Waals surface area contributed by atoms with E-state index >= 15 is 0 Å². The Hall–Kier alpha value is -0.160. The van der Waals surface area contributed by atoms with E-state index in [0.29, 0.717) is 12.1 Å². The minimum absolute atomic E-state index is 0.175. The van der Waals surface area contributed by atoms with Crippen LogP contribution < -0.4 is 5.73 Å². The van der Waals surface area contributed by atoms with Crippen molar-refractivity contribution >= 4 is 0 Å². The van der Waals surface area contributed by atoms with Crippen molar-refractivity contribution in [3.63, 3.8) is 0 Å². The maximum atomic E-state index is 6.18. The molecule has 4 nitrogen and oxygen atoms in total. The lowest BCUT2D eigenvalue weighted by Gasteiger charge is -2.39. The van der Waals surface area contributed by atoms with Crippen molar-refractivity contribution in [1.29, 1.82) is 0 Å². The molecule has 2 aliphatic heterocycles. The van der Waals surface area contributed by atoms with Gasteiger partial charge < -0.3 is 10.5 Å². The molecule has 0 aromatic rings. The van der Waals surface area contributed by atoms with Gasteiger partial charge >= 0.3 is 0 Å². The van der Waals surface area contributed by atoms with E-state index in [1.807, 2.05) is 0 Å². The second kappa shape index (κ2) is 5.32. The maximum absolute atomic E-state index is 6.18. The maximum Gasteiger partial charge on any atom is 0.0702 e. The van der Waals surface area contributed by atoms with Crippen LogP contribution in [-0.4, -0.2) is 66.8 Å². The number of rotatable bonds is 5. The van der Waals surface area contributed by atoms with Crippen LogP contribution in [-0.2, 0) is 4.74 Å². The molecule has 3 atom stereocenters. The summed E-state index contributed by atoms with van der Waals surface area (Å²) in [4.78, 5) is 5.20. The molecule has 0 spiro atoms. The Morgan fingerprint density at radius 1 is 1.37 bits per heavy atom. The predicted molar refractivity (Wildman–Crippen MR) is 77.2 cm³/mol. The van der Waals surface area contributed by atoms with E-state index in [0.717, 1.165) is 32.3 Å². The quantitative estimate of drug-likeness (QED) is 0.808. The molecule has 2 saturated heterocycles. The van der Waals surface area contributed by atoms with Gasteiger partial charge in [0.1, 0.15) is 0 Å². The molecule has 3 unspecified atom stereocenters. The second-order valence-electron chi connectivity index (χ2n) is 6.90. The molecule has 3 rings (SSSR count). The van der Waals surface area contributed by atoms with E-state index in [1.165, 1.54) is 32.1 Å². The van der Waals surface area contributed by atoms with E-state index in [-0.39, 0.29) is 5.54 Å². The zero-order valence-corrected chi connectivity index (χ0v) is 12.5. The number of nitrogens with zero attached hydrogens (tertiary/aromatic N) is 2. The summed E-state index contributed by atoms with van der Waals surface area (Å²) in [5, 5.41) is 0. The van der Waals surface area contributed by atoms with Gasteiger partial charge in [0.05, 0.1) is 6.10 Å². The van der Waals surface area contributed by atoms with E-state index in [4.69, 9.17) is 10.5 Å². The first-order chi connectivity index (χ1) is 9.14. The third kappa shape index (κ3) is 2.68. The van der Waals surface area contributed by atoms with Crippen molar-refractivity contribution in [2.45, 2.75) is 62.8 Å². The molecule has 3 aliphatic rings. The first-order valence-electron chi connectivity index (χ1n) is 7.93. The van der Waals surface area contributed by atoms with Gasteiger partial charge in [0.25, 0.3) is 0 Å². The highest BCUT2D eigenvalue weighted by Gasteiger charge is 2.48. The van der Waals surface area contributed by atoms with Gasteiger partial charge in [0, 0.05) is 43.9 Å². The summed E-state index contributed by atoms with van der Waals surface area (Å²) in [6.07, 6.45) is 6.86. The van der Waals surface area contributed by atoms with Crippen LogP contribution >= 0.6 is 0 Å². The SMILES string of the molecule is CC1CC(CN)(N(C)CC2CCCO2)CN1C1CC1. The molecule has 0 aromatic carbocycles. The molecule has 0 radical (unpaired) electrons. The minimum atomic E-state index is 0.175. The van der Waals surface area contributed by atoms with Gasteiger partial charge in [-0.15, -0.1) is 0 Å². The molecule has 0 amide bonds. The van der Waals surface area contributed by atoms with Crippen LogP contribution in [0.4, 0.5) is 0 Å². The van der Waals surface area contributed by atoms with Gasteiger partial charge in [-0.1, -0.05) is 0 Å². The van der Waals surface area contributed by atoms with Crippen molar-refractivity contribution in [3.05, 3.63) is 0 Å². The molecule has 2 heterocycles. The summed E-state index contributed by atoms with van der Waals surface area (Å²) < 4.78 is 5.79. The zero-order valence-electron chi connectivity index (χ0n) is 12.5. The standard InChI is InChI=1S/C15H29N3O/c1-12-8-15(10-16,11-18(12)13-5-6-13)17(2)9-14-4-3-7-19-14/h12-14H,3-11,16H2,1-2H3. The Kier molecular flexibility index (Phi) is 3.87. The zero-order chi connectivity index (χ0) is 13.5. The topological polar surface area (TPSA) is 41.7 Å². The summed E-state index contributed by atoms with van der Waals surface area (Å²) in [6.45, 7) is 6.28. The fourth-order valence-corrected chi connectivity index (χ4v) is 3.99. The molecule has 19 heavy (non-hydrogen) atoms. The number of nitrogens with two attached hydrogens (primary N) is 1. The molecule has 1 aliphatic carbocycles. The lowest BCUT2D eigenvalue weighted by Crippen LogP contribution is -2.55. The van der Waals surface area contributed by atoms with Gasteiger partial charge in [-0.3, -0.25) is 9.80 Å². The highest BCUT2D eigenvalue weighted by Crippen LogP contribution is 2.39. The first-order valence-corrected chi connectivity index (χ1v) is 7.93. The summed E-state index contributed by atoms with van der Waals surface area (Å²) in [5.74, 6) is 0. The summed E-state index contributed by atoms with van der Waals surface area (Å²) >= 11 is 0. The first kappa shape index (κ1) is 13.8. The van der Waals surface area contributed by atoms with Gasteiger partial charge in [0.15, 0.2) is 0 Å². The van der Waals surface area contributed by atoms with Crippen LogP contribution in [0.3, 0.4) is 0 Å². The normalized spacial score (nSPS) is 40.4. The Balaban J connectivity index is 1.64. The largest absolute Gasteiger partial charge is 0.377 e. The Morgan fingerprint density at radius 2 is 2.16 bits per heavy atom. The lowest BCUT2D eigenvalue weighted by atomic mass is 9.94. The van der Waals surface area contributed by atoms with E-state index in [9.17, 15) is 0 Å². The van der Waals surface area contributed by atoms with E-state index in [1.54, 1.807) is 0 Å². The number of likely N-dealkylation sites (N-methyl/N-ethyl adjacent to an activating group) is 1. The fraction of sp³-hybridized carbons (Fsp3) is 1.00. The minimum Gasteiger partial charge on any atom is -0.377 e. The highest BCUT2D eigenvalue weighted by molar-refractivity contribution is 5.06. The monoisotopic (exact) mass is 267 g/mol. The van der Waals surface area contributed by atoms with Gasteiger partial charge in [-0.25, -0.2) is 0 Å². The Morgan fingerprint density at radius 3 is 2.74 bits per heavy atom. The van der Waals surface area contributed by atoms with E-state index in [2.05, 4.69) is 23.8 Å². The molecule has 0 aromatic heterocycles. The van der Waals surface area contributed by atoms with Crippen molar-refractivity contribution < 1.29 is 4.74 Å². The van der Waals surface area contributed by atoms with Crippen LogP contribution in [0.5, 0.6) is 0 Å². The van der Waals surface area contributed by atoms with Crippen molar-refractivity contribution in [2.75, 3.05) is 33.3 Å². The van der Waals surface area contributed by atoms with Crippen molar-refractivity contribution in [3.8, 4) is 0 Å².